The van der Waals surface area contributed by atoms with Crippen LogP contribution in [0, 0.1) is 6.92 Å². The second kappa shape index (κ2) is 4.51. The van der Waals surface area contributed by atoms with Crippen molar-refractivity contribution < 1.29 is 4.74 Å². The molecule has 2 heterocycles. The first-order chi connectivity index (χ1) is 7.18. The number of anilines is 1. The Balaban J connectivity index is 2.27. The highest BCUT2D eigenvalue weighted by Crippen LogP contribution is 2.24. The van der Waals surface area contributed by atoms with E-state index in [1.165, 1.54) is 0 Å². The second-order valence-electron chi connectivity index (χ2n) is 3.31. The summed E-state index contributed by atoms with van der Waals surface area (Å²) in [7, 11) is 0. The summed E-state index contributed by atoms with van der Waals surface area (Å²) in [5.74, 6) is 0.630. The van der Waals surface area contributed by atoms with Gasteiger partial charge in [0.25, 0.3) is 0 Å². The normalized spacial score (nSPS) is 16.9. The van der Waals surface area contributed by atoms with Crippen molar-refractivity contribution in [2.24, 2.45) is 0 Å². The molecule has 0 N–H and O–H groups in total. The van der Waals surface area contributed by atoms with Crippen LogP contribution >= 0.6 is 23.2 Å². The fraction of sp³-hybridized carbons (Fsp3) is 0.556. The Morgan fingerprint density at radius 1 is 1.20 bits per heavy atom. The van der Waals surface area contributed by atoms with Crippen LogP contribution in [0.15, 0.2) is 0 Å². The van der Waals surface area contributed by atoms with Crippen LogP contribution in [0.3, 0.4) is 0 Å². The van der Waals surface area contributed by atoms with E-state index in [0.29, 0.717) is 35.0 Å². The molecule has 0 radical (unpaired) electrons. The number of hydrogen-bond donors (Lipinski definition) is 0. The van der Waals surface area contributed by atoms with Gasteiger partial charge in [0.1, 0.15) is 0 Å². The van der Waals surface area contributed by atoms with Crippen molar-refractivity contribution in [2.75, 3.05) is 31.2 Å². The van der Waals surface area contributed by atoms with E-state index in [0.717, 1.165) is 13.1 Å². The first-order valence-corrected chi connectivity index (χ1v) is 5.46. The summed E-state index contributed by atoms with van der Waals surface area (Å²) in [6.07, 6.45) is 0. The Bertz CT molecular complexity index is 343. The molecule has 0 amide bonds. The predicted molar refractivity (Wildman–Crippen MR) is 59.8 cm³/mol. The first kappa shape index (κ1) is 10.9. The van der Waals surface area contributed by atoms with Crippen LogP contribution in [-0.4, -0.2) is 36.3 Å². The highest BCUT2D eigenvalue weighted by molar-refractivity contribution is 6.41. The maximum absolute atomic E-state index is 5.90. The van der Waals surface area contributed by atoms with Gasteiger partial charge < -0.3 is 9.64 Å². The Hall–Kier alpha value is -0.580. The van der Waals surface area contributed by atoms with E-state index in [4.69, 9.17) is 27.9 Å². The molecule has 1 fully saturated rings. The Kier molecular flexibility index (Phi) is 3.29. The summed E-state index contributed by atoms with van der Waals surface area (Å²) in [4.78, 5) is 10.5. The summed E-state index contributed by atoms with van der Waals surface area (Å²) < 4.78 is 5.25. The lowest BCUT2D eigenvalue weighted by molar-refractivity contribution is 0.122. The molecular formula is C9H11Cl2N3O. The van der Waals surface area contributed by atoms with Gasteiger partial charge in [-0.05, 0) is 6.92 Å². The molecule has 1 aliphatic rings. The number of morpholine rings is 1. The van der Waals surface area contributed by atoms with E-state index in [-0.39, 0.29) is 0 Å². The topological polar surface area (TPSA) is 38.2 Å². The molecule has 82 valence electrons. The average Bonchev–Trinajstić information content (AvgIpc) is 2.26. The van der Waals surface area contributed by atoms with Crippen LogP contribution in [0.4, 0.5) is 5.95 Å². The fourth-order valence-corrected chi connectivity index (χ4v) is 1.71. The van der Waals surface area contributed by atoms with Crippen molar-refractivity contribution in [3.8, 4) is 0 Å². The minimum atomic E-state index is 0.311. The van der Waals surface area contributed by atoms with Crippen LogP contribution in [-0.2, 0) is 4.74 Å². The van der Waals surface area contributed by atoms with Crippen LogP contribution < -0.4 is 4.90 Å². The van der Waals surface area contributed by atoms with E-state index < -0.39 is 0 Å². The average molecular weight is 248 g/mol. The molecule has 1 saturated heterocycles. The van der Waals surface area contributed by atoms with Gasteiger partial charge in [0.05, 0.1) is 23.9 Å². The molecule has 1 aromatic rings. The quantitative estimate of drug-likeness (QED) is 0.712. The van der Waals surface area contributed by atoms with Gasteiger partial charge in [0.2, 0.25) is 5.95 Å². The minimum Gasteiger partial charge on any atom is -0.378 e. The van der Waals surface area contributed by atoms with E-state index in [1.807, 2.05) is 11.8 Å². The molecule has 0 aliphatic carbocycles. The summed E-state index contributed by atoms with van der Waals surface area (Å²) in [5, 5.41) is 0.735. The van der Waals surface area contributed by atoms with Crippen molar-refractivity contribution in [3.63, 3.8) is 0 Å². The van der Waals surface area contributed by atoms with Gasteiger partial charge in [0.15, 0.2) is 5.15 Å². The zero-order valence-electron chi connectivity index (χ0n) is 8.33. The molecule has 1 aromatic heterocycles. The Labute approximate surface area is 98.2 Å². The van der Waals surface area contributed by atoms with E-state index in [1.54, 1.807) is 0 Å². The zero-order valence-corrected chi connectivity index (χ0v) is 9.85. The van der Waals surface area contributed by atoms with Crippen LogP contribution in [0.5, 0.6) is 0 Å². The van der Waals surface area contributed by atoms with Crippen molar-refractivity contribution >= 4 is 29.2 Å². The fourth-order valence-electron chi connectivity index (χ4n) is 1.42. The number of nitrogens with zero attached hydrogens (tertiary/aromatic N) is 3. The lowest BCUT2D eigenvalue weighted by atomic mass is 10.4. The number of rotatable bonds is 1. The molecule has 0 unspecified atom stereocenters. The molecule has 0 saturated carbocycles. The van der Waals surface area contributed by atoms with Gasteiger partial charge in [0, 0.05) is 13.1 Å². The highest BCUT2D eigenvalue weighted by Gasteiger charge is 2.16. The molecule has 1 aliphatic heterocycles. The number of aryl methyl sites for hydroxylation is 1. The van der Waals surface area contributed by atoms with Gasteiger partial charge in [-0.25, -0.2) is 4.98 Å². The van der Waals surface area contributed by atoms with Crippen molar-refractivity contribution in [2.45, 2.75) is 6.92 Å². The third-order valence-corrected chi connectivity index (χ3v) is 3.08. The molecule has 0 spiro atoms. The SMILES string of the molecule is Cc1nc(N2CCOCC2)nc(Cl)c1Cl. The van der Waals surface area contributed by atoms with Crippen LogP contribution in [0.1, 0.15) is 5.69 Å². The first-order valence-electron chi connectivity index (χ1n) is 4.71. The molecule has 0 bridgehead atoms. The van der Waals surface area contributed by atoms with Gasteiger partial charge in [-0.15, -0.1) is 0 Å². The van der Waals surface area contributed by atoms with Crippen molar-refractivity contribution in [1.29, 1.82) is 0 Å². The van der Waals surface area contributed by atoms with E-state index in [2.05, 4.69) is 9.97 Å². The largest absolute Gasteiger partial charge is 0.378 e. The number of aromatic nitrogens is 2. The maximum atomic E-state index is 5.90. The molecule has 0 atom stereocenters. The van der Waals surface area contributed by atoms with Gasteiger partial charge >= 0.3 is 0 Å². The number of ether oxygens (including phenoxy) is 1. The maximum Gasteiger partial charge on any atom is 0.227 e. The second-order valence-corrected chi connectivity index (χ2v) is 4.05. The van der Waals surface area contributed by atoms with Crippen LogP contribution in [0.25, 0.3) is 0 Å². The lowest BCUT2D eigenvalue weighted by Crippen LogP contribution is -2.37. The molecule has 6 heteroatoms. The summed E-state index contributed by atoms with van der Waals surface area (Å²) in [5.41, 5.74) is 0.707. The third kappa shape index (κ3) is 2.33. The minimum absolute atomic E-state index is 0.311. The van der Waals surface area contributed by atoms with Crippen LogP contribution in [0.2, 0.25) is 10.2 Å². The monoisotopic (exact) mass is 247 g/mol. The van der Waals surface area contributed by atoms with E-state index in [9.17, 15) is 0 Å². The summed E-state index contributed by atoms with van der Waals surface area (Å²) in [6.45, 7) is 4.79. The van der Waals surface area contributed by atoms with E-state index >= 15 is 0 Å². The van der Waals surface area contributed by atoms with Crippen molar-refractivity contribution in [3.05, 3.63) is 15.9 Å². The highest BCUT2D eigenvalue weighted by atomic mass is 35.5. The smallest absolute Gasteiger partial charge is 0.227 e. The number of hydrogen-bond acceptors (Lipinski definition) is 4. The summed E-state index contributed by atoms with van der Waals surface area (Å²) >= 11 is 11.8. The van der Waals surface area contributed by atoms with Gasteiger partial charge in [-0.3, -0.25) is 0 Å². The molecule has 4 nitrogen and oxygen atoms in total. The standard InChI is InChI=1S/C9H11Cl2N3O/c1-6-7(10)8(11)13-9(12-6)14-2-4-15-5-3-14/h2-5H2,1H3. The Morgan fingerprint density at radius 2 is 1.87 bits per heavy atom. The third-order valence-electron chi connectivity index (χ3n) is 2.26. The lowest BCUT2D eigenvalue weighted by Gasteiger charge is -2.27. The molecule has 0 aromatic carbocycles. The number of halogens is 2. The Morgan fingerprint density at radius 3 is 2.47 bits per heavy atom. The summed E-state index contributed by atoms with van der Waals surface area (Å²) in [6, 6.07) is 0. The van der Waals surface area contributed by atoms with Crippen molar-refractivity contribution in [1.82, 2.24) is 9.97 Å². The van der Waals surface area contributed by atoms with Gasteiger partial charge in [-0.1, -0.05) is 23.2 Å². The zero-order chi connectivity index (χ0) is 10.8. The predicted octanol–water partition coefficient (Wildman–Crippen LogP) is 1.93. The van der Waals surface area contributed by atoms with Gasteiger partial charge in [-0.2, -0.15) is 4.98 Å². The molecular weight excluding hydrogens is 237 g/mol. The molecule has 15 heavy (non-hydrogen) atoms. The molecule has 2 rings (SSSR count).